The first-order valence-electron chi connectivity index (χ1n) is 6.86. The predicted molar refractivity (Wildman–Crippen MR) is 79.6 cm³/mol. The maximum absolute atomic E-state index is 6.34. The molecule has 106 valence electrons. The van der Waals surface area contributed by atoms with Gasteiger partial charge in [-0.25, -0.2) is 0 Å². The molecule has 4 heteroatoms. The second kappa shape index (κ2) is 6.23. The number of hydrogen-bond acceptors (Lipinski definition) is 3. The fourth-order valence-electron chi connectivity index (χ4n) is 2.41. The zero-order valence-electron chi connectivity index (χ0n) is 11.9. The average Bonchev–Trinajstić information content (AvgIpc) is 2.41. The summed E-state index contributed by atoms with van der Waals surface area (Å²) in [5, 5.41) is 0.768. The van der Waals surface area contributed by atoms with Crippen molar-refractivity contribution in [1.29, 1.82) is 0 Å². The van der Waals surface area contributed by atoms with Crippen LogP contribution in [0.1, 0.15) is 31.0 Å². The molecule has 0 saturated carbocycles. The second-order valence-electron chi connectivity index (χ2n) is 5.53. The van der Waals surface area contributed by atoms with Crippen molar-refractivity contribution in [2.24, 2.45) is 5.73 Å². The van der Waals surface area contributed by atoms with Gasteiger partial charge < -0.3 is 10.5 Å². The Hall–Kier alpha value is -0.610. The van der Waals surface area contributed by atoms with Gasteiger partial charge in [-0.2, -0.15) is 0 Å². The van der Waals surface area contributed by atoms with Crippen LogP contribution in [0.15, 0.2) is 18.2 Å². The molecule has 0 spiro atoms. The van der Waals surface area contributed by atoms with Crippen LogP contribution in [-0.4, -0.2) is 36.7 Å². The first-order valence-corrected chi connectivity index (χ1v) is 7.24. The van der Waals surface area contributed by atoms with E-state index in [1.54, 1.807) is 0 Å². The number of benzene rings is 1. The van der Waals surface area contributed by atoms with E-state index in [-0.39, 0.29) is 12.1 Å². The minimum atomic E-state index is -0.125. The van der Waals surface area contributed by atoms with Crippen molar-refractivity contribution >= 4 is 11.6 Å². The molecule has 1 saturated heterocycles. The van der Waals surface area contributed by atoms with Crippen LogP contribution in [0.3, 0.4) is 0 Å². The molecule has 2 rings (SSSR count). The summed E-state index contributed by atoms with van der Waals surface area (Å²) in [6.07, 6.45) is 0.0370. The standard InChI is InChI=1S/C15H23ClN2O/c1-10(2)18-6-7-19-14(9-18)15(17)12-5-4-11(3)13(16)8-12/h4-5,8,10,14-15H,6-7,9,17H2,1-3H3. The average molecular weight is 283 g/mol. The zero-order valence-corrected chi connectivity index (χ0v) is 12.7. The molecule has 1 aliphatic heterocycles. The van der Waals surface area contributed by atoms with E-state index >= 15 is 0 Å². The van der Waals surface area contributed by atoms with E-state index in [0.717, 1.165) is 35.8 Å². The molecule has 2 N–H and O–H groups in total. The van der Waals surface area contributed by atoms with E-state index < -0.39 is 0 Å². The van der Waals surface area contributed by atoms with Crippen molar-refractivity contribution in [2.45, 2.75) is 39.0 Å². The molecule has 1 aliphatic rings. The number of aryl methyl sites for hydroxylation is 1. The Morgan fingerprint density at radius 3 is 2.79 bits per heavy atom. The van der Waals surface area contributed by atoms with Crippen molar-refractivity contribution in [1.82, 2.24) is 4.90 Å². The fraction of sp³-hybridized carbons (Fsp3) is 0.600. The van der Waals surface area contributed by atoms with E-state index in [4.69, 9.17) is 22.1 Å². The lowest BCUT2D eigenvalue weighted by molar-refractivity contribution is -0.0502. The fourth-order valence-corrected chi connectivity index (χ4v) is 2.60. The van der Waals surface area contributed by atoms with Crippen molar-refractivity contribution in [3.63, 3.8) is 0 Å². The van der Waals surface area contributed by atoms with Crippen LogP contribution in [-0.2, 0) is 4.74 Å². The van der Waals surface area contributed by atoms with Crippen molar-refractivity contribution in [3.05, 3.63) is 34.3 Å². The molecule has 1 aromatic carbocycles. The molecule has 2 unspecified atom stereocenters. The van der Waals surface area contributed by atoms with Crippen molar-refractivity contribution in [2.75, 3.05) is 19.7 Å². The molecular formula is C15H23ClN2O. The maximum Gasteiger partial charge on any atom is 0.0894 e. The van der Waals surface area contributed by atoms with Gasteiger partial charge in [-0.05, 0) is 38.0 Å². The number of morpholine rings is 1. The summed E-state index contributed by atoms with van der Waals surface area (Å²) in [5.74, 6) is 0. The normalized spacial score (nSPS) is 22.7. The molecular weight excluding hydrogens is 260 g/mol. The third-order valence-electron chi connectivity index (χ3n) is 3.84. The highest BCUT2D eigenvalue weighted by Gasteiger charge is 2.28. The number of ether oxygens (including phenoxy) is 1. The van der Waals surface area contributed by atoms with Crippen molar-refractivity contribution < 1.29 is 4.74 Å². The van der Waals surface area contributed by atoms with Gasteiger partial charge in [0.05, 0.1) is 18.8 Å². The Kier molecular flexibility index (Phi) is 4.85. The molecule has 1 fully saturated rings. The van der Waals surface area contributed by atoms with Crippen LogP contribution in [0.2, 0.25) is 5.02 Å². The Labute approximate surface area is 120 Å². The van der Waals surface area contributed by atoms with E-state index in [1.165, 1.54) is 0 Å². The van der Waals surface area contributed by atoms with E-state index in [2.05, 4.69) is 18.7 Å². The van der Waals surface area contributed by atoms with Crippen LogP contribution in [0.5, 0.6) is 0 Å². The third-order valence-corrected chi connectivity index (χ3v) is 4.24. The van der Waals surface area contributed by atoms with Crippen LogP contribution >= 0.6 is 11.6 Å². The predicted octanol–water partition coefficient (Wildman–Crippen LogP) is 2.76. The molecule has 0 aromatic heterocycles. The zero-order chi connectivity index (χ0) is 14.0. The Balaban J connectivity index is 2.10. The Morgan fingerprint density at radius 1 is 1.42 bits per heavy atom. The van der Waals surface area contributed by atoms with Gasteiger partial charge in [0.15, 0.2) is 0 Å². The largest absolute Gasteiger partial charge is 0.374 e. The van der Waals surface area contributed by atoms with Crippen LogP contribution in [0.4, 0.5) is 0 Å². The topological polar surface area (TPSA) is 38.5 Å². The van der Waals surface area contributed by atoms with Gasteiger partial charge in [-0.15, -0.1) is 0 Å². The van der Waals surface area contributed by atoms with Crippen LogP contribution < -0.4 is 5.73 Å². The monoisotopic (exact) mass is 282 g/mol. The lowest BCUT2D eigenvalue weighted by Crippen LogP contribution is -2.49. The number of halogens is 1. The summed E-state index contributed by atoms with van der Waals surface area (Å²) in [6, 6.07) is 6.42. The smallest absolute Gasteiger partial charge is 0.0894 e. The van der Waals surface area contributed by atoms with Gasteiger partial charge in [0.2, 0.25) is 0 Å². The molecule has 1 aromatic rings. The summed E-state index contributed by atoms with van der Waals surface area (Å²) in [6.45, 7) is 9.01. The van der Waals surface area contributed by atoms with Crippen LogP contribution in [0, 0.1) is 6.92 Å². The highest BCUT2D eigenvalue weighted by molar-refractivity contribution is 6.31. The first kappa shape index (κ1) is 14.8. The second-order valence-corrected chi connectivity index (χ2v) is 5.94. The van der Waals surface area contributed by atoms with E-state index in [0.29, 0.717) is 6.04 Å². The summed E-state index contributed by atoms with van der Waals surface area (Å²) in [5.41, 5.74) is 8.46. The van der Waals surface area contributed by atoms with Gasteiger partial charge in [0.1, 0.15) is 0 Å². The number of hydrogen-bond donors (Lipinski definition) is 1. The SMILES string of the molecule is Cc1ccc(C(N)C2CN(C(C)C)CCO2)cc1Cl. The molecule has 3 nitrogen and oxygen atoms in total. The molecule has 0 amide bonds. The lowest BCUT2D eigenvalue weighted by Gasteiger charge is -2.38. The Morgan fingerprint density at radius 2 is 2.16 bits per heavy atom. The molecule has 0 radical (unpaired) electrons. The minimum absolute atomic E-state index is 0.0370. The lowest BCUT2D eigenvalue weighted by atomic mass is 9.99. The minimum Gasteiger partial charge on any atom is -0.374 e. The molecule has 1 heterocycles. The van der Waals surface area contributed by atoms with Gasteiger partial charge in [0, 0.05) is 24.2 Å². The summed E-state index contributed by atoms with van der Waals surface area (Å²) >= 11 is 6.17. The summed E-state index contributed by atoms with van der Waals surface area (Å²) in [7, 11) is 0. The number of rotatable bonds is 3. The van der Waals surface area contributed by atoms with Crippen LogP contribution in [0.25, 0.3) is 0 Å². The summed E-state index contributed by atoms with van der Waals surface area (Å²) < 4.78 is 5.83. The first-order chi connectivity index (χ1) is 8.99. The third kappa shape index (κ3) is 3.48. The number of nitrogens with zero attached hydrogens (tertiary/aromatic N) is 1. The van der Waals surface area contributed by atoms with Crippen molar-refractivity contribution in [3.8, 4) is 0 Å². The molecule has 0 bridgehead atoms. The van der Waals surface area contributed by atoms with Gasteiger partial charge in [-0.1, -0.05) is 23.7 Å². The van der Waals surface area contributed by atoms with E-state index in [9.17, 15) is 0 Å². The Bertz CT molecular complexity index is 436. The van der Waals surface area contributed by atoms with Gasteiger partial charge in [-0.3, -0.25) is 4.90 Å². The van der Waals surface area contributed by atoms with Gasteiger partial charge >= 0.3 is 0 Å². The molecule has 0 aliphatic carbocycles. The number of nitrogens with two attached hydrogens (primary N) is 1. The van der Waals surface area contributed by atoms with E-state index in [1.807, 2.05) is 25.1 Å². The quantitative estimate of drug-likeness (QED) is 0.926. The molecule has 2 atom stereocenters. The molecule has 19 heavy (non-hydrogen) atoms. The summed E-state index contributed by atoms with van der Waals surface area (Å²) in [4.78, 5) is 2.41. The van der Waals surface area contributed by atoms with Gasteiger partial charge in [0.25, 0.3) is 0 Å². The highest BCUT2D eigenvalue weighted by atomic mass is 35.5. The highest BCUT2D eigenvalue weighted by Crippen LogP contribution is 2.25. The maximum atomic E-state index is 6.34.